The van der Waals surface area contributed by atoms with Gasteiger partial charge >= 0.3 is 5.97 Å². The number of carboxylic acid groups (broad SMARTS) is 1. The van der Waals surface area contributed by atoms with E-state index in [1.165, 1.54) is 45.6 Å². The lowest BCUT2D eigenvalue weighted by atomic mass is 9.88. The van der Waals surface area contributed by atoms with E-state index < -0.39 is 17.7 Å². The highest BCUT2D eigenvalue weighted by Crippen LogP contribution is 2.51. The summed E-state index contributed by atoms with van der Waals surface area (Å²) < 4.78 is 29.7. The predicted molar refractivity (Wildman–Crippen MR) is 118 cm³/mol. The summed E-state index contributed by atoms with van der Waals surface area (Å²) in [4.78, 5) is 25.5. The third kappa shape index (κ3) is 3.64. The number of rotatable bonds is 6. The zero-order valence-electron chi connectivity index (χ0n) is 17.5. The molecule has 32 heavy (non-hydrogen) atoms. The quantitative estimate of drug-likeness (QED) is 0.555. The number of amides is 1. The number of thiophene rings is 1. The standard InChI is InChI=1S/C23H20FNO6S/c1-29-15-8-12(9-16(30-2)20(15)31-3)14-10-17(26)25-19-18(11-4-6-13(24)7-5-11)22(23(27)28)32-21(14)19/h4-9,14H,10H2,1-3H3,(H,25,26)(H,27,28)/t14-/m1/s1. The van der Waals surface area contributed by atoms with Crippen LogP contribution in [0, 0.1) is 5.82 Å². The molecule has 0 fully saturated rings. The Morgan fingerprint density at radius 3 is 2.25 bits per heavy atom. The molecule has 2 N–H and O–H groups in total. The van der Waals surface area contributed by atoms with Gasteiger partial charge in [-0.05, 0) is 35.4 Å². The van der Waals surface area contributed by atoms with Crippen molar-refractivity contribution in [3.05, 3.63) is 57.5 Å². The topological polar surface area (TPSA) is 94.1 Å². The predicted octanol–water partition coefficient (Wildman–Crippen LogP) is 4.75. The van der Waals surface area contributed by atoms with E-state index in [1.54, 1.807) is 12.1 Å². The van der Waals surface area contributed by atoms with Gasteiger partial charge in [-0.15, -0.1) is 11.3 Å². The lowest BCUT2D eigenvalue weighted by molar-refractivity contribution is -0.116. The van der Waals surface area contributed by atoms with Gasteiger partial charge in [0.05, 0.1) is 27.0 Å². The van der Waals surface area contributed by atoms with Crippen LogP contribution in [0.2, 0.25) is 0 Å². The van der Waals surface area contributed by atoms with E-state index in [9.17, 15) is 19.1 Å². The summed E-state index contributed by atoms with van der Waals surface area (Å²) in [6.45, 7) is 0. The number of aromatic carboxylic acids is 1. The number of methoxy groups -OCH3 is 3. The Morgan fingerprint density at radius 1 is 1.09 bits per heavy atom. The van der Waals surface area contributed by atoms with E-state index in [4.69, 9.17) is 14.2 Å². The van der Waals surface area contributed by atoms with Crippen molar-refractivity contribution >= 4 is 28.9 Å². The molecule has 1 atom stereocenters. The first kappa shape index (κ1) is 21.6. The molecule has 9 heteroatoms. The minimum absolute atomic E-state index is 0.0706. The minimum atomic E-state index is -1.12. The first-order chi connectivity index (χ1) is 15.4. The van der Waals surface area contributed by atoms with Crippen LogP contribution in [-0.2, 0) is 4.79 Å². The number of anilines is 1. The van der Waals surface area contributed by atoms with Crippen LogP contribution in [0.4, 0.5) is 10.1 Å². The third-order valence-electron chi connectivity index (χ3n) is 5.32. The number of carbonyl (C=O) groups excluding carboxylic acids is 1. The number of hydrogen-bond acceptors (Lipinski definition) is 6. The van der Waals surface area contributed by atoms with Gasteiger partial charge < -0.3 is 24.6 Å². The smallest absolute Gasteiger partial charge is 0.346 e. The Morgan fingerprint density at radius 2 is 1.72 bits per heavy atom. The van der Waals surface area contributed by atoms with Crippen LogP contribution in [-0.4, -0.2) is 38.3 Å². The lowest BCUT2D eigenvalue weighted by Gasteiger charge is -2.25. The van der Waals surface area contributed by atoms with Crippen molar-refractivity contribution in [2.24, 2.45) is 0 Å². The summed E-state index contributed by atoms with van der Waals surface area (Å²) in [6.07, 6.45) is 0.119. The fourth-order valence-electron chi connectivity index (χ4n) is 3.90. The highest BCUT2D eigenvalue weighted by atomic mass is 32.1. The van der Waals surface area contributed by atoms with E-state index in [0.29, 0.717) is 38.9 Å². The van der Waals surface area contributed by atoms with E-state index in [-0.39, 0.29) is 17.2 Å². The normalized spacial score (nSPS) is 15.0. The van der Waals surface area contributed by atoms with Gasteiger partial charge in [0, 0.05) is 22.8 Å². The Hall–Kier alpha value is -3.59. The molecule has 166 valence electrons. The zero-order chi connectivity index (χ0) is 23.0. The number of fused-ring (bicyclic) bond motifs is 1. The van der Waals surface area contributed by atoms with Gasteiger partial charge in [-0.2, -0.15) is 0 Å². The first-order valence-corrected chi connectivity index (χ1v) is 10.4. The molecule has 0 aliphatic carbocycles. The molecule has 1 aliphatic rings. The maximum absolute atomic E-state index is 13.5. The van der Waals surface area contributed by atoms with Gasteiger partial charge in [-0.1, -0.05) is 12.1 Å². The average molecular weight is 457 g/mol. The molecule has 2 heterocycles. The first-order valence-electron chi connectivity index (χ1n) is 9.63. The van der Waals surface area contributed by atoms with Crippen LogP contribution in [0.15, 0.2) is 36.4 Å². The molecule has 7 nitrogen and oxygen atoms in total. The summed E-state index contributed by atoms with van der Waals surface area (Å²) in [5, 5.41) is 12.7. The van der Waals surface area contributed by atoms with E-state index in [1.807, 2.05) is 0 Å². The van der Waals surface area contributed by atoms with Crippen molar-refractivity contribution in [2.75, 3.05) is 26.6 Å². The van der Waals surface area contributed by atoms with Gasteiger partial charge in [-0.3, -0.25) is 4.79 Å². The number of benzene rings is 2. The fourth-order valence-corrected chi connectivity index (χ4v) is 5.15. The summed E-state index contributed by atoms with van der Waals surface area (Å²) in [6, 6.07) is 9.02. The molecule has 0 unspecified atom stereocenters. The molecule has 1 aliphatic heterocycles. The molecular weight excluding hydrogens is 437 g/mol. The highest BCUT2D eigenvalue weighted by molar-refractivity contribution is 7.15. The minimum Gasteiger partial charge on any atom is -0.493 e. The number of hydrogen-bond donors (Lipinski definition) is 2. The van der Waals surface area contributed by atoms with Crippen LogP contribution < -0.4 is 19.5 Å². The second-order valence-electron chi connectivity index (χ2n) is 7.12. The lowest BCUT2D eigenvalue weighted by Crippen LogP contribution is -2.22. The Kier molecular flexibility index (Phi) is 5.75. The molecule has 0 spiro atoms. The molecule has 0 radical (unpaired) electrons. The second-order valence-corrected chi connectivity index (χ2v) is 8.17. The molecule has 2 aromatic carbocycles. The van der Waals surface area contributed by atoms with Crippen LogP contribution in [0.3, 0.4) is 0 Å². The van der Waals surface area contributed by atoms with Crippen LogP contribution in [0.5, 0.6) is 17.2 Å². The molecule has 0 bridgehead atoms. The van der Waals surface area contributed by atoms with Crippen LogP contribution in [0.25, 0.3) is 11.1 Å². The summed E-state index contributed by atoms with van der Waals surface area (Å²) in [5.41, 5.74) is 2.02. The van der Waals surface area contributed by atoms with E-state index in [2.05, 4.69) is 5.32 Å². The van der Waals surface area contributed by atoms with Gasteiger partial charge in [-0.25, -0.2) is 9.18 Å². The van der Waals surface area contributed by atoms with Gasteiger partial charge in [0.2, 0.25) is 11.7 Å². The van der Waals surface area contributed by atoms with Crippen molar-refractivity contribution in [1.82, 2.24) is 0 Å². The molecule has 0 saturated heterocycles. The summed E-state index contributed by atoms with van der Waals surface area (Å²) in [7, 11) is 4.50. The van der Waals surface area contributed by atoms with Crippen molar-refractivity contribution in [1.29, 1.82) is 0 Å². The molecule has 1 amide bonds. The number of halogens is 1. The number of carboxylic acids is 1. The van der Waals surface area contributed by atoms with Gasteiger partial charge in [0.1, 0.15) is 10.7 Å². The third-order valence-corrected chi connectivity index (χ3v) is 6.61. The molecule has 4 rings (SSSR count). The second kappa shape index (κ2) is 8.51. The largest absolute Gasteiger partial charge is 0.493 e. The molecular formula is C23H20FNO6S. The maximum atomic E-state index is 13.5. The monoisotopic (exact) mass is 457 g/mol. The highest BCUT2D eigenvalue weighted by Gasteiger charge is 2.35. The number of nitrogens with one attached hydrogen (secondary N) is 1. The fraction of sp³-hybridized carbons (Fsp3) is 0.217. The van der Waals surface area contributed by atoms with Crippen LogP contribution >= 0.6 is 11.3 Å². The average Bonchev–Trinajstić information content (AvgIpc) is 3.17. The van der Waals surface area contributed by atoms with Gasteiger partial charge in [0.15, 0.2) is 11.5 Å². The maximum Gasteiger partial charge on any atom is 0.346 e. The number of ether oxygens (including phenoxy) is 3. The summed E-state index contributed by atoms with van der Waals surface area (Å²) in [5.74, 6) is -0.954. The molecule has 1 aromatic heterocycles. The molecule has 3 aromatic rings. The molecule has 0 saturated carbocycles. The van der Waals surface area contributed by atoms with Crippen molar-refractivity contribution < 1.29 is 33.3 Å². The van der Waals surface area contributed by atoms with Crippen molar-refractivity contribution in [3.8, 4) is 28.4 Å². The van der Waals surface area contributed by atoms with Crippen molar-refractivity contribution in [2.45, 2.75) is 12.3 Å². The summed E-state index contributed by atoms with van der Waals surface area (Å²) >= 11 is 1.09. The van der Waals surface area contributed by atoms with E-state index >= 15 is 0 Å². The number of carbonyl (C=O) groups is 2. The Labute approximate surface area is 187 Å². The van der Waals surface area contributed by atoms with E-state index in [0.717, 1.165) is 16.9 Å². The van der Waals surface area contributed by atoms with Crippen LogP contribution in [0.1, 0.15) is 32.5 Å². The SMILES string of the molecule is COc1cc([C@H]2CC(=O)Nc3c2sc(C(=O)O)c3-c2ccc(F)cc2)cc(OC)c1OC. The van der Waals surface area contributed by atoms with Gasteiger partial charge in [0.25, 0.3) is 0 Å². The zero-order valence-corrected chi connectivity index (χ0v) is 18.3. The Balaban J connectivity index is 1.93. The Bertz CT molecular complexity index is 1180. The van der Waals surface area contributed by atoms with Crippen molar-refractivity contribution in [3.63, 3.8) is 0 Å².